The fourth-order valence-corrected chi connectivity index (χ4v) is 3.07. The van der Waals surface area contributed by atoms with Gasteiger partial charge in [0.15, 0.2) is 0 Å². The van der Waals surface area contributed by atoms with Crippen LogP contribution in [-0.4, -0.2) is 43.7 Å². The number of hydrogen-bond donors (Lipinski definition) is 0. The standard InChI is InChI=1S/C20H27N3O/c1-22(2)20-9-8-18(14-21-20)15-23-12-10-17(11-13-23)16-24-19-6-4-3-5-7-19/h3-9,14,17H,10-13,15-16H2,1-2H3. The number of benzene rings is 1. The zero-order valence-electron chi connectivity index (χ0n) is 14.7. The van der Waals surface area contributed by atoms with Gasteiger partial charge in [0.05, 0.1) is 6.61 Å². The first-order chi connectivity index (χ1) is 11.7. The second kappa shape index (κ2) is 8.15. The minimum atomic E-state index is 0.663. The van der Waals surface area contributed by atoms with Crippen LogP contribution in [0.15, 0.2) is 48.7 Å². The first-order valence-electron chi connectivity index (χ1n) is 8.73. The summed E-state index contributed by atoms with van der Waals surface area (Å²) in [7, 11) is 4.04. The smallest absolute Gasteiger partial charge is 0.127 e. The van der Waals surface area contributed by atoms with Gasteiger partial charge in [-0.25, -0.2) is 4.98 Å². The molecule has 4 nitrogen and oxygen atoms in total. The molecule has 3 rings (SSSR count). The summed E-state index contributed by atoms with van der Waals surface area (Å²) in [5.41, 5.74) is 1.29. The molecule has 0 amide bonds. The van der Waals surface area contributed by atoms with Crippen molar-refractivity contribution in [3.05, 3.63) is 54.2 Å². The van der Waals surface area contributed by atoms with Crippen LogP contribution in [0.4, 0.5) is 5.82 Å². The fourth-order valence-electron chi connectivity index (χ4n) is 3.07. The Kier molecular flexibility index (Phi) is 5.70. The Bertz CT molecular complexity index is 605. The van der Waals surface area contributed by atoms with Crippen LogP contribution < -0.4 is 9.64 Å². The van der Waals surface area contributed by atoms with Gasteiger partial charge in [-0.15, -0.1) is 0 Å². The van der Waals surface area contributed by atoms with Gasteiger partial charge in [0, 0.05) is 26.8 Å². The molecule has 0 aliphatic carbocycles. The highest BCUT2D eigenvalue weighted by molar-refractivity contribution is 5.37. The molecule has 1 aromatic carbocycles. The average Bonchev–Trinajstić information content (AvgIpc) is 2.62. The largest absolute Gasteiger partial charge is 0.493 e. The van der Waals surface area contributed by atoms with Crippen LogP contribution in [0, 0.1) is 5.92 Å². The molecule has 128 valence electrons. The number of rotatable bonds is 6. The number of aromatic nitrogens is 1. The molecular weight excluding hydrogens is 298 g/mol. The lowest BCUT2D eigenvalue weighted by Crippen LogP contribution is -2.35. The SMILES string of the molecule is CN(C)c1ccc(CN2CCC(COc3ccccc3)CC2)cn1. The van der Waals surface area contributed by atoms with Gasteiger partial charge in [0.25, 0.3) is 0 Å². The molecule has 0 saturated carbocycles. The Morgan fingerprint density at radius 2 is 1.83 bits per heavy atom. The van der Waals surface area contributed by atoms with Crippen LogP contribution >= 0.6 is 0 Å². The van der Waals surface area contributed by atoms with Crippen LogP contribution in [0.2, 0.25) is 0 Å². The molecule has 2 heterocycles. The second-order valence-corrected chi connectivity index (χ2v) is 6.76. The Balaban J connectivity index is 1.41. The number of pyridine rings is 1. The number of likely N-dealkylation sites (tertiary alicyclic amines) is 1. The molecule has 1 fully saturated rings. The van der Waals surface area contributed by atoms with E-state index in [2.05, 4.69) is 22.0 Å². The van der Waals surface area contributed by atoms with Crippen LogP contribution in [0.1, 0.15) is 18.4 Å². The number of piperidine rings is 1. The highest BCUT2D eigenvalue weighted by atomic mass is 16.5. The lowest BCUT2D eigenvalue weighted by molar-refractivity contribution is 0.136. The highest BCUT2D eigenvalue weighted by Gasteiger charge is 2.20. The zero-order chi connectivity index (χ0) is 16.8. The molecule has 1 aliphatic rings. The van der Waals surface area contributed by atoms with Crippen molar-refractivity contribution in [2.75, 3.05) is 38.7 Å². The molecule has 0 atom stereocenters. The Morgan fingerprint density at radius 3 is 2.46 bits per heavy atom. The van der Waals surface area contributed by atoms with E-state index in [9.17, 15) is 0 Å². The third-order valence-corrected chi connectivity index (χ3v) is 4.61. The fraction of sp³-hybridized carbons (Fsp3) is 0.450. The van der Waals surface area contributed by atoms with Gasteiger partial charge in [0.2, 0.25) is 0 Å². The molecule has 0 spiro atoms. The van der Waals surface area contributed by atoms with Crippen molar-refractivity contribution in [1.82, 2.24) is 9.88 Å². The van der Waals surface area contributed by atoms with Gasteiger partial charge < -0.3 is 9.64 Å². The van der Waals surface area contributed by atoms with Crippen LogP contribution in [0.25, 0.3) is 0 Å². The van der Waals surface area contributed by atoms with Gasteiger partial charge in [-0.05, 0) is 55.6 Å². The van der Waals surface area contributed by atoms with Gasteiger partial charge >= 0.3 is 0 Å². The molecule has 1 aromatic heterocycles. The Morgan fingerprint density at radius 1 is 1.08 bits per heavy atom. The van der Waals surface area contributed by atoms with Gasteiger partial charge in [-0.1, -0.05) is 24.3 Å². The van der Waals surface area contributed by atoms with Crippen molar-refractivity contribution in [1.29, 1.82) is 0 Å². The van der Waals surface area contributed by atoms with E-state index < -0.39 is 0 Å². The molecular formula is C20H27N3O. The summed E-state index contributed by atoms with van der Waals surface area (Å²) in [6, 6.07) is 14.4. The van der Waals surface area contributed by atoms with Crippen molar-refractivity contribution in [3.63, 3.8) is 0 Å². The van der Waals surface area contributed by atoms with Crippen molar-refractivity contribution in [2.24, 2.45) is 5.92 Å². The minimum Gasteiger partial charge on any atom is -0.493 e. The number of hydrogen-bond acceptors (Lipinski definition) is 4. The van der Waals surface area contributed by atoms with E-state index in [1.165, 1.54) is 18.4 Å². The van der Waals surface area contributed by atoms with E-state index in [1.54, 1.807) is 0 Å². The first kappa shape index (κ1) is 16.8. The van der Waals surface area contributed by atoms with Crippen LogP contribution in [-0.2, 0) is 6.54 Å². The second-order valence-electron chi connectivity index (χ2n) is 6.76. The van der Waals surface area contributed by atoms with Gasteiger partial charge in [-0.3, -0.25) is 4.90 Å². The molecule has 0 N–H and O–H groups in total. The van der Waals surface area contributed by atoms with Crippen molar-refractivity contribution in [3.8, 4) is 5.75 Å². The van der Waals surface area contributed by atoms with Gasteiger partial charge in [0.1, 0.15) is 11.6 Å². The van der Waals surface area contributed by atoms with Crippen molar-refractivity contribution >= 4 is 5.82 Å². The van der Waals surface area contributed by atoms with E-state index in [0.717, 1.165) is 37.8 Å². The maximum Gasteiger partial charge on any atom is 0.127 e. The van der Waals surface area contributed by atoms with Gasteiger partial charge in [-0.2, -0.15) is 0 Å². The minimum absolute atomic E-state index is 0.663. The summed E-state index contributed by atoms with van der Waals surface area (Å²) < 4.78 is 5.90. The number of ether oxygens (including phenoxy) is 1. The highest BCUT2D eigenvalue weighted by Crippen LogP contribution is 2.21. The first-order valence-corrected chi connectivity index (χ1v) is 8.73. The van der Waals surface area contributed by atoms with Crippen LogP contribution in [0.5, 0.6) is 5.75 Å². The Hall–Kier alpha value is -2.07. The normalized spacial score (nSPS) is 16.1. The lowest BCUT2D eigenvalue weighted by Gasteiger charge is -2.31. The summed E-state index contributed by atoms with van der Waals surface area (Å²) in [6.07, 6.45) is 4.41. The quantitative estimate of drug-likeness (QED) is 0.813. The summed E-state index contributed by atoms with van der Waals surface area (Å²) in [4.78, 5) is 9.05. The molecule has 0 radical (unpaired) electrons. The number of anilines is 1. The zero-order valence-corrected chi connectivity index (χ0v) is 14.7. The predicted molar refractivity (Wildman–Crippen MR) is 98.5 cm³/mol. The molecule has 0 bridgehead atoms. The summed E-state index contributed by atoms with van der Waals surface area (Å²) in [5.74, 6) is 2.65. The van der Waals surface area contributed by atoms with Crippen LogP contribution in [0.3, 0.4) is 0 Å². The molecule has 2 aromatic rings. The van der Waals surface area contributed by atoms with E-state index in [4.69, 9.17) is 4.74 Å². The summed E-state index contributed by atoms with van der Waals surface area (Å²) in [6.45, 7) is 4.10. The lowest BCUT2D eigenvalue weighted by atomic mass is 9.97. The molecule has 1 aliphatic heterocycles. The number of para-hydroxylation sites is 1. The molecule has 1 saturated heterocycles. The van der Waals surface area contributed by atoms with E-state index in [-0.39, 0.29) is 0 Å². The third-order valence-electron chi connectivity index (χ3n) is 4.61. The predicted octanol–water partition coefficient (Wildman–Crippen LogP) is 3.44. The number of nitrogens with zero attached hydrogens (tertiary/aromatic N) is 3. The van der Waals surface area contributed by atoms with E-state index >= 15 is 0 Å². The average molecular weight is 325 g/mol. The van der Waals surface area contributed by atoms with Crippen molar-refractivity contribution < 1.29 is 4.74 Å². The van der Waals surface area contributed by atoms with E-state index in [1.807, 2.05) is 55.5 Å². The Labute approximate surface area is 145 Å². The topological polar surface area (TPSA) is 28.6 Å². The van der Waals surface area contributed by atoms with E-state index in [0.29, 0.717) is 5.92 Å². The molecule has 24 heavy (non-hydrogen) atoms. The van der Waals surface area contributed by atoms with Crippen molar-refractivity contribution in [2.45, 2.75) is 19.4 Å². The maximum absolute atomic E-state index is 5.90. The molecule has 4 heteroatoms. The molecule has 0 unspecified atom stereocenters. The summed E-state index contributed by atoms with van der Waals surface area (Å²) in [5, 5.41) is 0. The maximum atomic E-state index is 5.90. The summed E-state index contributed by atoms with van der Waals surface area (Å²) >= 11 is 0. The monoisotopic (exact) mass is 325 g/mol. The third kappa shape index (κ3) is 4.71.